The molecule has 142 valence electrons. The summed E-state index contributed by atoms with van der Waals surface area (Å²) in [6, 6.07) is 4.84. The van der Waals surface area contributed by atoms with Gasteiger partial charge in [0.05, 0.1) is 12.6 Å². The SMILES string of the molecule is CC(C)N(CCO)C(=O)NC1CC(=O)N(c2ccc3c(c2)OCCO3)C1. The van der Waals surface area contributed by atoms with Crippen LogP contribution in [0.3, 0.4) is 0 Å². The van der Waals surface area contributed by atoms with Crippen LogP contribution in [0.5, 0.6) is 11.5 Å². The van der Waals surface area contributed by atoms with Crippen LogP contribution in [0.4, 0.5) is 10.5 Å². The first-order valence-corrected chi connectivity index (χ1v) is 8.87. The number of amides is 3. The largest absolute Gasteiger partial charge is 0.486 e. The number of anilines is 1. The van der Waals surface area contributed by atoms with Crippen LogP contribution in [0.25, 0.3) is 0 Å². The van der Waals surface area contributed by atoms with E-state index in [0.29, 0.717) is 31.3 Å². The number of carbonyl (C=O) groups is 2. The Morgan fingerprint density at radius 1 is 1.35 bits per heavy atom. The molecule has 0 aromatic heterocycles. The molecule has 8 heteroatoms. The Balaban J connectivity index is 1.66. The lowest BCUT2D eigenvalue weighted by molar-refractivity contribution is -0.117. The molecule has 2 aliphatic heterocycles. The number of hydrogen-bond donors (Lipinski definition) is 2. The third kappa shape index (κ3) is 3.85. The minimum Gasteiger partial charge on any atom is -0.486 e. The van der Waals surface area contributed by atoms with Gasteiger partial charge in [-0.1, -0.05) is 0 Å². The summed E-state index contributed by atoms with van der Waals surface area (Å²) in [6.07, 6.45) is 0.241. The molecule has 2 aliphatic rings. The second-order valence-electron chi connectivity index (χ2n) is 6.69. The number of urea groups is 1. The van der Waals surface area contributed by atoms with E-state index in [2.05, 4.69) is 5.32 Å². The number of aliphatic hydroxyl groups is 1. The van der Waals surface area contributed by atoms with Crippen molar-refractivity contribution < 1.29 is 24.2 Å². The van der Waals surface area contributed by atoms with Crippen molar-refractivity contribution in [1.82, 2.24) is 10.2 Å². The van der Waals surface area contributed by atoms with Crippen LogP contribution in [0.2, 0.25) is 0 Å². The molecule has 2 N–H and O–H groups in total. The summed E-state index contributed by atoms with van der Waals surface area (Å²) in [4.78, 5) is 28.0. The Morgan fingerprint density at radius 3 is 2.77 bits per heavy atom. The Morgan fingerprint density at radius 2 is 2.08 bits per heavy atom. The Labute approximate surface area is 152 Å². The molecule has 3 amide bonds. The van der Waals surface area contributed by atoms with Crippen LogP contribution < -0.4 is 19.7 Å². The van der Waals surface area contributed by atoms with E-state index < -0.39 is 0 Å². The van der Waals surface area contributed by atoms with Gasteiger partial charge in [0, 0.05) is 37.3 Å². The number of nitrogens with zero attached hydrogens (tertiary/aromatic N) is 2. The van der Waals surface area contributed by atoms with E-state index in [0.717, 1.165) is 5.69 Å². The van der Waals surface area contributed by atoms with Crippen LogP contribution >= 0.6 is 0 Å². The Kier molecular flexibility index (Phi) is 5.51. The highest BCUT2D eigenvalue weighted by atomic mass is 16.6. The number of ether oxygens (including phenoxy) is 2. The van der Waals surface area contributed by atoms with E-state index in [1.807, 2.05) is 19.9 Å². The molecular weight excluding hydrogens is 338 g/mol. The molecular formula is C18H25N3O5. The van der Waals surface area contributed by atoms with Crippen LogP contribution in [0, 0.1) is 0 Å². The molecule has 0 bridgehead atoms. The molecule has 1 aromatic rings. The fraction of sp³-hybridized carbons (Fsp3) is 0.556. The zero-order valence-electron chi connectivity index (χ0n) is 15.1. The van der Waals surface area contributed by atoms with Gasteiger partial charge in [-0.2, -0.15) is 0 Å². The van der Waals surface area contributed by atoms with E-state index in [9.17, 15) is 9.59 Å². The molecule has 1 fully saturated rings. The number of fused-ring (bicyclic) bond motifs is 1. The third-order valence-electron chi connectivity index (χ3n) is 4.52. The van der Waals surface area contributed by atoms with Crippen LogP contribution in [-0.2, 0) is 4.79 Å². The van der Waals surface area contributed by atoms with Crippen molar-refractivity contribution in [2.75, 3.05) is 37.8 Å². The van der Waals surface area contributed by atoms with Crippen LogP contribution in [-0.4, -0.2) is 66.9 Å². The molecule has 26 heavy (non-hydrogen) atoms. The third-order valence-corrected chi connectivity index (χ3v) is 4.52. The predicted molar refractivity (Wildman–Crippen MR) is 95.6 cm³/mol. The maximum absolute atomic E-state index is 12.4. The average Bonchev–Trinajstić information content (AvgIpc) is 2.99. The van der Waals surface area contributed by atoms with Gasteiger partial charge in [-0.05, 0) is 26.0 Å². The summed E-state index contributed by atoms with van der Waals surface area (Å²) in [6.45, 7) is 5.33. The molecule has 2 heterocycles. The molecule has 1 saturated heterocycles. The van der Waals surface area contributed by atoms with E-state index in [4.69, 9.17) is 14.6 Å². The first-order chi connectivity index (χ1) is 12.5. The topological polar surface area (TPSA) is 91.3 Å². The monoisotopic (exact) mass is 363 g/mol. The van der Waals surface area contributed by atoms with Gasteiger partial charge in [-0.25, -0.2) is 4.79 Å². The molecule has 8 nitrogen and oxygen atoms in total. The first-order valence-electron chi connectivity index (χ1n) is 8.87. The quantitative estimate of drug-likeness (QED) is 0.814. The highest BCUT2D eigenvalue weighted by Gasteiger charge is 2.33. The molecule has 0 saturated carbocycles. The smallest absolute Gasteiger partial charge is 0.318 e. The van der Waals surface area contributed by atoms with Crippen LogP contribution in [0.1, 0.15) is 20.3 Å². The van der Waals surface area contributed by atoms with Gasteiger partial charge >= 0.3 is 6.03 Å². The normalized spacial score (nSPS) is 19.0. The summed E-state index contributed by atoms with van der Waals surface area (Å²) in [5.74, 6) is 1.25. The second kappa shape index (κ2) is 7.82. The fourth-order valence-corrected chi connectivity index (χ4v) is 3.21. The van der Waals surface area contributed by atoms with Crippen molar-refractivity contribution in [1.29, 1.82) is 0 Å². The molecule has 1 unspecified atom stereocenters. The average molecular weight is 363 g/mol. The number of nitrogens with one attached hydrogen (secondary N) is 1. The van der Waals surface area contributed by atoms with Gasteiger partial charge in [0.2, 0.25) is 5.91 Å². The van der Waals surface area contributed by atoms with E-state index in [1.54, 1.807) is 21.9 Å². The lowest BCUT2D eigenvalue weighted by Crippen LogP contribution is -2.49. The second-order valence-corrected chi connectivity index (χ2v) is 6.69. The maximum Gasteiger partial charge on any atom is 0.318 e. The van der Waals surface area contributed by atoms with Gasteiger partial charge in [0.25, 0.3) is 0 Å². The minimum atomic E-state index is -0.275. The lowest BCUT2D eigenvalue weighted by Gasteiger charge is -2.27. The number of carbonyl (C=O) groups excluding carboxylic acids is 2. The summed E-state index contributed by atoms with van der Waals surface area (Å²) in [5, 5.41) is 12.0. The van der Waals surface area contributed by atoms with Gasteiger partial charge in [0.1, 0.15) is 13.2 Å². The van der Waals surface area contributed by atoms with Crippen molar-refractivity contribution in [3.63, 3.8) is 0 Å². The minimum absolute atomic E-state index is 0.0341. The predicted octanol–water partition coefficient (Wildman–Crippen LogP) is 0.975. The molecule has 0 radical (unpaired) electrons. The summed E-state index contributed by atoms with van der Waals surface area (Å²) in [5.41, 5.74) is 0.729. The number of hydrogen-bond acceptors (Lipinski definition) is 5. The number of rotatable bonds is 5. The van der Waals surface area contributed by atoms with Crippen molar-refractivity contribution in [3.05, 3.63) is 18.2 Å². The summed E-state index contributed by atoms with van der Waals surface area (Å²) < 4.78 is 11.1. The van der Waals surface area contributed by atoms with Gasteiger partial charge in [0.15, 0.2) is 11.5 Å². The zero-order valence-corrected chi connectivity index (χ0v) is 15.1. The Bertz CT molecular complexity index is 679. The van der Waals surface area contributed by atoms with E-state index in [-0.39, 0.29) is 43.6 Å². The lowest BCUT2D eigenvalue weighted by atomic mass is 10.2. The standard InChI is InChI=1S/C18H25N3O5/c1-12(2)20(5-6-22)18(24)19-13-9-17(23)21(11-13)14-3-4-15-16(10-14)26-8-7-25-15/h3-4,10,12-13,22H,5-9,11H2,1-2H3,(H,19,24). The molecule has 1 atom stereocenters. The fourth-order valence-electron chi connectivity index (χ4n) is 3.21. The van der Waals surface area contributed by atoms with Gasteiger partial charge in [-0.15, -0.1) is 0 Å². The summed E-state index contributed by atoms with van der Waals surface area (Å²) >= 11 is 0. The number of benzene rings is 1. The maximum atomic E-state index is 12.4. The zero-order chi connectivity index (χ0) is 18.7. The van der Waals surface area contributed by atoms with Crippen molar-refractivity contribution in [2.45, 2.75) is 32.4 Å². The van der Waals surface area contributed by atoms with Crippen LogP contribution in [0.15, 0.2) is 18.2 Å². The van der Waals surface area contributed by atoms with E-state index >= 15 is 0 Å². The molecule has 1 aromatic carbocycles. The van der Waals surface area contributed by atoms with Gasteiger partial charge in [-0.3, -0.25) is 4.79 Å². The molecule has 0 spiro atoms. The van der Waals surface area contributed by atoms with E-state index in [1.165, 1.54) is 0 Å². The highest BCUT2D eigenvalue weighted by molar-refractivity contribution is 5.97. The number of aliphatic hydroxyl groups excluding tert-OH is 1. The van der Waals surface area contributed by atoms with Crippen molar-refractivity contribution >= 4 is 17.6 Å². The Hall–Kier alpha value is -2.48. The first kappa shape index (κ1) is 18.3. The van der Waals surface area contributed by atoms with Gasteiger partial charge < -0.3 is 29.7 Å². The summed E-state index contributed by atoms with van der Waals surface area (Å²) in [7, 11) is 0. The van der Waals surface area contributed by atoms with Crippen molar-refractivity contribution in [2.24, 2.45) is 0 Å². The van der Waals surface area contributed by atoms with Crippen molar-refractivity contribution in [3.8, 4) is 11.5 Å². The molecule has 0 aliphatic carbocycles. The highest BCUT2D eigenvalue weighted by Crippen LogP contribution is 2.35. The molecule has 3 rings (SSSR count).